The molecule has 1 atom stereocenters. The van der Waals surface area contributed by atoms with Crippen LogP contribution < -0.4 is 9.47 Å². The molecule has 1 heterocycles. The zero-order valence-corrected chi connectivity index (χ0v) is 12.8. The van der Waals surface area contributed by atoms with E-state index in [1.54, 1.807) is 26.6 Å². The van der Waals surface area contributed by atoms with E-state index in [9.17, 15) is 0 Å². The Bertz CT molecular complexity index is 590. The second kappa shape index (κ2) is 6.82. The second-order valence-corrected chi connectivity index (χ2v) is 5.19. The van der Waals surface area contributed by atoms with Gasteiger partial charge in [-0.3, -0.25) is 4.98 Å². The highest BCUT2D eigenvalue weighted by Gasteiger charge is 2.14. The minimum Gasteiger partial charge on any atom is -0.493 e. The second-order valence-electron chi connectivity index (χ2n) is 4.25. The van der Waals surface area contributed by atoms with E-state index >= 15 is 0 Å². The topological polar surface area (TPSA) is 31.4 Å². The van der Waals surface area contributed by atoms with Crippen LogP contribution in [0.5, 0.6) is 11.5 Å². The molecule has 0 bridgehead atoms. The summed E-state index contributed by atoms with van der Waals surface area (Å²) in [6, 6.07) is 7.52. The monoisotopic (exact) mass is 311 g/mol. The van der Waals surface area contributed by atoms with E-state index in [0.29, 0.717) is 22.9 Å². The highest BCUT2D eigenvalue weighted by atomic mass is 35.5. The molecular weight excluding hydrogens is 297 g/mol. The van der Waals surface area contributed by atoms with Crippen LogP contribution in [0.25, 0.3) is 0 Å². The van der Waals surface area contributed by atoms with Gasteiger partial charge in [0.2, 0.25) is 0 Å². The third-order valence-corrected chi connectivity index (χ3v) is 3.77. The van der Waals surface area contributed by atoms with Gasteiger partial charge in [0.1, 0.15) is 0 Å². The Kier molecular flexibility index (Phi) is 5.10. The minimum absolute atomic E-state index is 0.199. The molecule has 3 nitrogen and oxygen atoms in total. The SMILES string of the molecule is COc1ccc(C(Cl)Cc2ccncc2Cl)cc1OC. The first-order valence-electron chi connectivity index (χ1n) is 6.10. The van der Waals surface area contributed by atoms with Gasteiger partial charge in [0.25, 0.3) is 0 Å². The summed E-state index contributed by atoms with van der Waals surface area (Å²) < 4.78 is 10.5. The minimum atomic E-state index is -0.199. The highest BCUT2D eigenvalue weighted by molar-refractivity contribution is 6.31. The van der Waals surface area contributed by atoms with E-state index in [-0.39, 0.29) is 5.38 Å². The van der Waals surface area contributed by atoms with Gasteiger partial charge in [-0.25, -0.2) is 0 Å². The number of hydrogen-bond acceptors (Lipinski definition) is 3. The molecule has 0 N–H and O–H groups in total. The third kappa shape index (κ3) is 3.35. The van der Waals surface area contributed by atoms with Gasteiger partial charge in [0, 0.05) is 12.4 Å². The molecular formula is C15H15Cl2NO2. The molecule has 0 aliphatic heterocycles. The van der Waals surface area contributed by atoms with Crippen LogP contribution in [-0.4, -0.2) is 19.2 Å². The Hall–Kier alpha value is -1.45. The quantitative estimate of drug-likeness (QED) is 0.772. The van der Waals surface area contributed by atoms with E-state index < -0.39 is 0 Å². The predicted octanol–water partition coefficient (Wildman–Crippen LogP) is 4.27. The van der Waals surface area contributed by atoms with E-state index in [4.69, 9.17) is 32.7 Å². The zero-order valence-electron chi connectivity index (χ0n) is 11.3. The molecule has 0 aliphatic carbocycles. The summed E-state index contributed by atoms with van der Waals surface area (Å²) in [4.78, 5) is 3.96. The lowest BCUT2D eigenvalue weighted by Gasteiger charge is -2.14. The molecule has 1 aromatic carbocycles. The molecule has 20 heavy (non-hydrogen) atoms. The lowest BCUT2D eigenvalue weighted by molar-refractivity contribution is 0.354. The summed E-state index contributed by atoms with van der Waals surface area (Å²) in [5, 5.41) is 0.424. The van der Waals surface area contributed by atoms with Crippen LogP contribution in [0, 0.1) is 0 Å². The number of methoxy groups -OCH3 is 2. The van der Waals surface area contributed by atoms with Crippen molar-refractivity contribution in [3.05, 3.63) is 52.8 Å². The van der Waals surface area contributed by atoms with Crippen LogP contribution in [-0.2, 0) is 6.42 Å². The first-order valence-corrected chi connectivity index (χ1v) is 6.91. The predicted molar refractivity (Wildman–Crippen MR) is 81.1 cm³/mol. The van der Waals surface area contributed by atoms with Crippen LogP contribution >= 0.6 is 23.2 Å². The van der Waals surface area contributed by atoms with E-state index in [1.807, 2.05) is 24.3 Å². The van der Waals surface area contributed by atoms with Crippen molar-refractivity contribution in [1.29, 1.82) is 0 Å². The molecule has 0 amide bonds. The van der Waals surface area contributed by atoms with Gasteiger partial charge in [-0.15, -0.1) is 11.6 Å². The van der Waals surface area contributed by atoms with Crippen molar-refractivity contribution < 1.29 is 9.47 Å². The van der Waals surface area contributed by atoms with Gasteiger partial charge < -0.3 is 9.47 Å². The first-order chi connectivity index (χ1) is 9.65. The lowest BCUT2D eigenvalue weighted by atomic mass is 10.0. The molecule has 0 spiro atoms. The number of aromatic nitrogens is 1. The normalized spacial score (nSPS) is 12.0. The summed E-state index contributed by atoms with van der Waals surface area (Å²) in [6.45, 7) is 0. The van der Waals surface area contributed by atoms with Crippen molar-refractivity contribution in [2.75, 3.05) is 14.2 Å². The average Bonchev–Trinajstić information content (AvgIpc) is 2.48. The Balaban J connectivity index is 2.21. The number of halogens is 2. The molecule has 0 saturated heterocycles. The number of nitrogens with zero attached hydrogens (tertiary/aromatic N) is 1. The van der Waals surface area contributed by atoms with Crippen molar-refractivity contribution in [1.82, 2.24) is 4.98 Å². The van der Waals surface area contributed by atoms with Gasteiger partial charge in [-0.1, -0.05) is 17.7 Å². The molecule has 2 rings (SSSR count). The summed E-state index contributed by atoms with van der Waals surface area (Å²) in [5.74, 6) is 1.35. The van der Waals surface area contributed by atoms with Crippen molar-refractivity contribution in [2.45, 2.75) is 11.8 Å². The van der Waals surface area contributed by atoms with Gasteiger partial charge in [-0.2, -0.15) is 0 Å². The number of benzene rings is 1. The molecule has 1 unspecified atom stereocenters. The van der Waals surface area contributed by atoms with Crippen LogP contribution in [0.4, 0.5) is 0 Å². The maximum absolute atomic E-state index is 6.46. The Morgan fingerprint density at radius 2 is 1.90 bits per heavy atom. The third-order valence-electron chi connectivity index (χ3n) is 3.02. The van der Waals surface area contributed by atoms with Crippen molar-refractivity contribution in [3.63, 3.8) is 0 Å². The van der Waals surface area contributed by atoms with Gasteiger partial charge >= 0.3 is 0 Å². The van der Waals surface area contributed by atoms with Crippen LogP contribution in [0.3, 0.4) is 0 Å². The molecule has 0 radical (unpaired) electrons. The van der Waals surface area contributed by atoms with Crippen molar-refractivity contribution in [3.8, 4) is 11.5 Å². The number of pyridine rings is 1. The van der Waals surface area contributed by atoms with Gasteiger partial charge in [0.15, 0.2) is 11.5 Å². The maximum atomic E-state index is 6.46. The molecule has 0 aliphatic rings. The Morgan fingerprint density at radius 1 is 1.15 bits per heavy atom. The number of hydrogen-bond donors (Lipinski definition) is 0. The Morgan fingerprint density at radius 3 is 2.55 bits per heavy atom. The fourth-order valence-corrected chi connectivity index (χ4v) is 2.43. The fourth-order valence-electron chi connectivity index (χ4n) is 1.93. The number of ether oxygens (including phenoxy) is 2. The molecule has 0 saturated carbocycles. The summed E-state index contributed by atoms with van der Waals surface area (Å²) in [6.07, 6.45) is 3.95. The van der Waals surface area contributed by atoms with E-state index in [1.165, 1.54) is 0 Å². The maximum Gasteiger partial charge on any atom is 0.161 e. The molecule has 106 valence electrons. The number of rotatable bonds is 5. The van der Waals surface area contributed by atoms with Gasteiger partial charge in [0.05, 0.1) is 24.6 Å². The number of alkyl halides is 1. The highest BCUT2D eigenvalue weighted by Crippen LogP contribution is 2.34. The molecule has 1 aromatic heterocycles. The van der Waals surface area contributed by atoms with Crippen LogP contribution in [0.2, 0.25) is 5.02 Å². The average molecular weight is 312 g/mol. The fraction of sp³-hybridized carbons (Fsp3) is 0.267. The van der Waals surface area contributed by atoms with Gasteiger partial charge in [-0.05, 0) is 35.7 Å². The zero-order chi connectivity index (χ0) is 14.5. The van der Waals surface area contributed by atoms with Crippen molar-refractivity contribution >= 4 is 23.2 Å². The first kappa shape index (κ1) is 14.9. The van der Waals surface area contributed by atoms with Crippen LogP contribution in [0.15, 0.2) is 36.7 Å². The standard InChI is InChI=1S/C15H15Cl2NO2/c1-19-14-4-3-10(8-15(14)20-2)12(16)7-11-5-6-18-9-13(11)17/h3-6,8-9,12H,7H2,1-2H3. The lowest BCUT2D eigenvalue weighted by Crippen LogP contribution is -1.99. The Labute approximate surface area is 128 Å². The summed E-state index contributed by atoms with van der Waals surface area (Å²) in [7, 11) is 3.21. The summed E-state index contributed by atoms with van der Waals surface area (Å²) in [5.41, 5.74) is 1.92. The molecule has 0 fully saturated rings. The van der Waals surface area contributed by atoms with E-state index in [0.717, 1.165) is 11.1 Å². The van der Waals surface area contributed by atoms with Crippen molar-refractivity contribution in [2.24, 2.45) is 0 Å². The smallest absolute Gasteiger partial charge is 0.161 e. The van der Waals surface area contributed by atoms with Crippen LogP contribution in [0.1, 0.15) is 16.5 Å². The van der Waals surface area contributed by atoms with E-state index in [2.05, 4.69) is 4.98 Å². The molecule has 2 aromatic rings. The summed E-state index contributed by atoms with van der Waals surface area (Å²) >= 11 is 12.6. The largest absolute Gasteiger partial charge is 0.493 e. The molecule has 5 heteroatoms.